The molecule has 15 heteroatoms. The quantitative estimate of drug-likeness (QED) is 0.434. The number of carbonyl (C=O) groups excluding carboxylic acids is 1. The number of piperidine rings is 1. The van der Waals surface area contributed by atoms with Gasteiger partial charge in [-0.25, -0.2) is 13.9 Å². The molecule has 9 nitrogen and oxygen atoms in total. The van der Waals surface area contributed by atoms with E-state index in [1.165, 1.54) is 4.31 Å². The largest absolute Gasteiger partial charge is 0.492 e. The molecule has 1 saturated heterocycles. The van der Waals surface area contributed by atoms with Crippen LogP contribution in [0.15, 0.2) is 12.1 Å². The monoisotopic (exact) mass is 561 g/mol. The van der Waals surface area contributed by atoms with Crippen molar-refractivity contribution in [1.29, 1.82) is 0 Å². The summed E-state index contributed by atoms with van der Waals surface area (Å²) in [7, 11) is -4.10. The standard InChI is InChI=1S/C19H27ClFN3O4S.C2HF3O2/c20-16-8-15(17(21)9-18(16)28-12-13-4-1-2-5-13)19(25)23-29(26,27)24-7-3-6-14(10-22)11-24;3-2(4,5)1(6)7/h8-9,13-14H,1-7,10-12,22H2,(H,23,25);(H,6,7)/t14-;/m1./s1. The van der Waals surface area contributed by atoms with Gasteiger partial charge in [-0.15, -0.1) is 0 Å². The van der Waals surface area contributed by atoms with Crippen LogP contribution in [0.5, 0.6) is 5.75 Å². The van der Waals surface area contributed by atoms with Gasteiger partial charge in [0.15, 0.2) is 0 Å². The van der Waals surface area contributed by atoms with Crippen LogP contribution in [0.4, 0.5) is 17.6 Å². The van der Waals surface area contributed by atoms with Crippen molar-refractivity contribution in [3.05, 3.63) is 28.5 Å². The Morgan fingerprint density at radius 3 is 2.31 bits per heavy atom. The van der Waals surface area contributed by atoms with E-state index < -0.39 is 39.6 Å². The Morgan fingerprint density at radius 1 is 1.17 bits per heavy atom. The predicted octanol–water partition coefficient (Wildman–Crippen LogP) is 3.33. The molecule has 1 saturated carbocycles. The van der Waals surface area contributed by atoms with Crippen molar-refractivity contribution in [1.82, 2.24) is 9.03 Å². The molecule has 1 atom stereocenters. The summed E-state index contributed by atoms with van der Waals surface area (Å²) in [5.41, 5.74) is 5.19. The minimum absolute atomic E-state index is 0.0397. The van der Waals surface area contributed by atoms with Gasteiger partial charge in [-0.05, 0) is 50.1 Å². The number of benzene rings is 1. The second-order valence-electron chi connectivity index (χ2n) is 8.57. The van der Waals surface area contributed by atoms with E-state index in [1.54, 1.807) is 0 Å². The Hall–Kier alpha value is -2.16. The highest BCUT2D eigenvalue weighted by Crippen LogP contribution is 2.31. The highest BCUT2D eigenvalue weighted by Gasteiger charge is 2.38. The van der Waals surface area contributed by atoms with E-state index >= 15 is 0 Å². The number of hydrogen-bond acceptors (Lipinski definition) is 6. The summed E-state index contributed by atoms with van der Waals surface area (Å²) in [6, 6.07) is 2.13. The number of nitrogens with one attached hydrogen (secondary N) is 1. The van der Waals surface area contributed by atoms with Crippen LogP contribution in [0.3, 0.4) is 0 Å². The zero-order chi connectivity index (χ0) is 27.1. The van der Waals surface area contributed by atoms with Gasteiger partial charge >= 0.3 is 22.4 Å². The van der Waals surface area contributed by atoms with Gasteiger partial charge in [-0.1, -0.05) is 24.4 Å². The molecule has 3 rings (SSSR count). The molecule has 36 heavy (non-hydrogen) atoms. The first-order valence-corrected chi connectivity index (χ1v) is 13.0. The second-order valence-corrected chi connectivity index (χ2v) is 10.6. The zero-order valence-corrected chi connectivity index (χ0v) is 20.8. The SMILES string of the molecule is NC[C@H]1CCCN(S(=O)(=O)NC(=O)c2cc(Cl)c(OCC3CCCC3)cc2F)C1.O=C(O)C(F)(F)F. The summed E-state index contributed by atoms with van der Waals surface area (Å²) >= 11 is 6.14. The van der Waals surface area contributed by atoms with Crippen LogP contribution in [0.25, 0.3) is 0 Å². The molecule has 0 radical (unpaired) electrons. The fraction of sp³-hybridized carbons (Fsp3) is 0.619. The lowest BCUT2D eigenvalue weighted by molar-refractivity contribution is -0.192. The number of carboxylic acids is 1. The number of carboxylic acid groups (broad SMARTS) is 1. The van der Waals surface area contributed by atoms with Gasteiger partial charge in [0, 0.05) is 19.2 Å². The molecule has 0 bridgehead atoms. The third-order valence-electron chi connectivity index (χ3n) is 5.83. The number of carbonyl (C=O) groups is 2. The van der Waals surface area contributed by atoms with Crippen LogP contribution in [-0.2, 0) is 15.0 Å². The number of hydrogen-bond donors (Lipinski definition) is 3. The first kappa shape index (κ1) is 30.1. The molecule has 1 amide bonds. The average molecular weight is 562 g/mol. The molecule has 1 aromatic carbocycles. The normalized spacial score (nSPS) is 19.3. The average Bonchev–Trinajstić information content (AvgIpc) is 3.32. The summed E-state index contributed by atoms with van der Waals surface area (Å²) in [4.78, 5) is 21.3. The molecule has 1 aliphatic heterocycles. The third-order valence-corrected chi connectivity index (χ3v) is 7.58. The molecular formula is C21H28ClF4N3O6S. The first-order valence-electron chi connectivity index (χ1n) is 11.2. The van der Waals surface area contributed by atoms with Gasteiger partial charge in [0.1, 0.15) is 11.6 Å². The van der Waals surface area contributed by atoms with Crippen molar-refractivity contribution in [3.8, 4) is 5.75 Å². The maximum atomic E-state index is 14.5. The Morgan fingerprint density at radius 2 is 1.75 bits per heavy atom. The number of nitrogens with two attached hydrogens (primary N) is 1. The van der Waals surface area contributed by atoms with Crippen molar-refractivity contribution >= 4 is 33.7 Å². The number of aliphatic carboxylic acids is 1. The van der Waals surface area contributed by atoms with Gasteiger partial charge in [0.2, 0.25) is 0 Å². The summed E-state index contributed by atoms with van der Waals surface area (Å²) < 4.78 is 80.0. The van der Waals surface area contributed by atoms with Crippen molar-refractivity contribution in [2.75, 3.05) is 26.2 Å². The summed E-state index contributed by atoms with van der Waals surface area (Å²) in [5, 5.41) is 7.19. The minimum atomic E-state index is -5.08. The number of rotatable bonds is 7. The number of ether oxygens (including phenoxy) is 1. The third kappa shape index (κ3) is 8.75. The topological polar surface area (TPSA) is 139 Å². The Labute approximate surface area is 211 Å². The molecule has 4 N–H and O–H groups in total. The van der Waals surface area contributed by atoms with E-state index in [-0.39, 0.29) is 29.8 Å². The van der Waals surface area contributed by atoms with E-state index in [9.17, 15) is 30.8 Å². The lowest BCUT2D eigenvalue weighted by Crippen LogP contribution is -2.48. The molecule has 2 aliphatic rings. The van der Waals surface area contributed by atoms with Crippen molar-refractivity contribution < 1.29 is 45.4 Å². The first-order chi connectivity index (χ1) is 16.7. The van der Waals surface area contributed by atoms with Crippen LogP contribution < -0.4 is 15.2 Å². The molecule has 0 unspecified atom stereocenters. The van der Waals surface area contributed by atoms with Gasteiger partial charge in [0.25, 0.3) is 5.91 Å². The van der Waals surface area contributed by atoms with E-state index in [2.05, 4.69) is 0 Å². The fourth-order valence-corrected chi connectivity index (χ4v) is 5.34. The predicted molar refractivity (Wildman–Crippen MR) is 122 cm³/mol. The van der Waals surface area contributed by atoms with Crippen molar-refractivity contribution in [3.63, 3.8) is 0 Å². The Kier molecular flexibility index (Phi) is 10.8. The zero-order valence-electron chi connectivity index (χ0n) is 19.2. The van der Waals surface area contributed by atoms with Crippen LogP contribution in [0.1, 0.15) is 48.9 Å². The highest BCUT2D eigenvalue weighted by atomic mass is 35.5. The van der Waals surface area contributed by atoms with E-state index in [1.807, 2.05) is 4.72 Å². The molecule has 1 aliphatic carbocycles. The molecular weight excluding hydrogens is 534 g/mol. The van der Waals surface area contributed by atoms with Gasteiger partial charge in [-0.2, -0.15) is 25.9 Å². The van der Waals surface area contributed by atoms with Crippen LogP contribution in [0.2, 0.25) is 5.02 Å². The molecule has 0 spiro atoms. The number of nitrogens with zero attached hydrogens (tertiary/aromatic N) is 1. The van der Waals surface area contributed by atoms with E-state index in [0.29, 0.717) is 25.5 Å². The fourth-order valence-electron chi connectivity index (χ4n) is 3.87. The number of amides is 1. The lowest BCUT2D eigenvalue weighted by atomic mass is 10.0. The maximum absolute atomic E-state index is 14.5. The Bertz CT molecular complexity index is 1040. The summed E-state index contributed by atoms with van der Waals surface area (Å²) in [6.45, 7) is 1.33. The smallest absolute Gasteiger partial charge is 0.490 e. The van der Waals surface area contributed by atoms with Gasteiger partial charge in [0.05, 0.1) is 17.2 Å². The van der Waals surface area contributed by atoms with E-state index in [4.69, 9.17) is 32.0 Å². The summed E-state index contributed by atoms with van der Waals surface area (Å²) in [6.07, 6.45) is 0.868. The Balaban J connectivity index is 0.000000572. The molecule has 0 aromatic heterocycles. The number of alkyl halides is 3. The molecule has 2 fully saturated rings. The van der Waals surface area contributed by atoms with Crippen LogP contribution >= 0.6 is 11.6 Å². The maximum Gasteiger partial charge on any atom is 0.490 e. The van der Waals surface area contributed by atoms with E-state index in [0.717, 1.165) is 44.2 Å². The van der Waals surface area contributed by atoms with Crippen LogP contribution in [0, 0.1) is 17.7 Å². The number of halogens is 5. The highest BCUT2D eigenvalue weighted by molar-refractivity contribution is 7.87. The van der Waals surface area contributed by atoms with Crippen molar-refractivity contribution in [2.45, 2.75) is 44.7 Å². The minimum Gasteiger partial charge on any atom is -0.492 e. The second kappa shape index (κ2) is 12.9. The van der Waals surface area contributed by atoms with Gasteiger partial charge < -0.3 is 15.6 Å². The van der Waals surface area contributed by atoms with Crippen LogP contribution in [-0.4, -0.2) is 62.1 Å². The van der Waals surface area contributed by atoms with Gasteiger partial charge in [-0.3, -0.25) is 4.79 Å². The molecule has 1 aromatic rings. The molecule has 1 heterocycles. The summed E-state index contributed by atoms with van der Waals surface area (Å²) in [5.74, 6) is -4.10. The lowest BCUT2D eigenvalue weighted by Gasteiger charge is -2.31. The molecule has 204 valence electrons. The van der Waals surface area contributed by atoms with Crippen molar-refractivity contribution in [2.24, 2.45) is 17.6 Å².